The van der Waals surface area contributed by atoms with Crippen molar-refractivity contribution in [3.05, 3.63) is 77.9 Å². The van der Waals surface area contributed by atoms with E-state index in [-0.39, 0.29) is 0 Å². The van der Waals surface area contributed by atoms with Gasteiger partial charge in [-0.05, 0) is 80.7 Å². The molecule has 0 saturated heterocycles. The number of carbonyl (C=O) groups is 1. The van der Waals surface area contributed by atoms with Crippen LogP contribution in [0.15, 0.2) is 71.6 Å². The molecule has 0 aromatic heterocycles. The van der Waals surface area contributed by atoms with Crippen LogP contribution in [0, 0.1) is 0 Å². The van der Waals surface area contributed by atoms with Gasteiger partial charge in [0.25, 0.3) is 0 Å². The van der Waals surface area contributed by atoms with Crippen molar-refractivity contribution in [1.29, 1.82) is 0 Å². The molecule has 0 fully saturated rings. The third-order valence-corrected chi connectivity index (χ3v) is 7.47. The van der Waals surface area contributed by atoms with Crippen molar-refractivity contribution in [2.24, 2.45) is 0 Å². The Morgan fingerprint density at radius 2 is 1.59 bits per heavy atom. The first kappa shape index (κ1) is 28.8. The third kappa shape index (κ3) is 9.23. The van der Waals surface area contributed by atoms with Gasteiger partial charge in [-0.15, -0.1) is 0 Å². The molecule has 1 N–H and O–H groups in total. The zero-order chi connectivity index (χ0) is 26.9. The summed E-state index contributed by atoms with van der Waals surface area (Å²) in [6.45, 7) is 11.0. The van der Waals surface area contributed by atoms with E-state index in [1.54, 1.807) is 12.1 Å². The molecule has 8 heteroatoms. The largest absolute Gasteiger partial charge is 0.302 e. The van der Waals surface area contributed by atoms with E-state index >= 15 is 0 Å². The minimum Gasteiger partial charge on any atom is -0.302 e. The number of hydroxylamine groups is 2. The van der Waals surface area contributed by atoms with Crippen molar-refractivity contribution in [2.45, 2.75) is 57.6 Å². The van der Waals surface area contributed by atoms with E-state index in [1.807, 2.05) is 63.2 Å². The smallest absolute Gasteiger partial charge is 0.240 e. The van der Waals surface area contributed by atoms with E-state index in [2.05, 4.69) is 28.7 Å². The molecule has 0 atom stereocenters. The molecule has 0 aliphatic rings. The summed E-state index contributed by atoms with van der Waals surface area (Å²) in [6, 6.07) is 21.2. The maximum Gasteiger partial charge on any atom is 0.240 e. The summed E-state index contributed by atoms with van der Waals surface area (Å²) in [6.07, 6.45) is 2.61. The van der Waals surface area contributed by atoms with Gasteiger partial charge in [0, 0.05) is 13.1 Å². The van der Waals surface area contributed by atoms with E-state index < -0.39 is 15.6 Å². The first-order chi connectivity index (χ1) is 17.6. The fraction of sp³-hybridized carbons (Fsp3) is 0.414. The minimum atomic E-state index is -3.56. The highest BCUT2D eigenvalue weighted by atomic mass is 32.2. The van der Waals surface area contributed by atoms with Crippen LogP contribution in [0.1, 0.15) is 45.2 Å². The second-order valence-corrected chi connectivity index (χ2v) is 11.9. The average Bonchev–Trinajstić information content (AvgIpc) is 2.87. The SMILES string of the molecule is CCN(CCCc1ccc(CN(C=O)OC(C)(C)C)cc1)CCNS(=O)(=O)c1ccc2ccccc2c1. The first-order valence-electron chi connectivity index (χ1n) is 12.8. The van der Waals surface area contributed by atoms with Gasteiger partial charge in [0.2, 0.25) is 16.4 Å². The molecule has 0 bridgehead atoms. The molecular formula is C29H39N3O4S. The van der Waals surface area contributed by atoms with Crippen LogP contribution < -0.4 is 4.72 Å². The second-order valence-electron chi connectivity index (χ2n) is 10.1. The predicted octanol–water partition coefficient (Wildman–Crippen LogP) is 4.76. The van der Waals surface area contributed by atoms with E-state index in [1.165, 1.54) is 10.6 Å². The number of nitrogens with one attached hydrogen (secondary N) is 1. The number of fused-ring (bicyclic) bond motifs is 1. The Morgan fingerprint density at radius 1 is 0.919 bits per heavy atom. The van der Waals surface area contributed by atoms with Crippen molar-refractivity contribution in [1.82, 2.24) is 14.7 Å². The zero-order valence-electron chi connectivity index (χ0n) is 22.3. The number of rotatable bonds is 14. The minimum absolute atomic E-state index is 0.291. The monoisotopic (exact) mass is 525 g/mol. The van der Waals surface area contributed by atoms with Crippen LogP contribution in [0.2, 0.25) is 0 Å². The molecule has 0 saturated carbocycles. The summed E-state index contributed by atoms with van der Waals surface area (Å²) in [7, 11) is -3.56. The van der Waals surface area contributed by atoms with Gasteiger partial charge in [0.15, 0.2) is 0 Å². The lowest BCUT2D eigenvalue weighted by Crippen LogP contribution is -2.35. The van der Waals surface area contributed by atoms with E-state index in [0.717, 1.165) is 42.3 Å². The normalized spacial score (nSPS) is 12.2. The highest BCUT2D eigenvalue weighted by Gasteiger charge is 2.17. The van der Waals surface area contributed by atoms with Crippen LogP contribution in [0.3, 0.4) is 0 Å². The predicted molar refractivity (Wildman–Crippen MR) is 148 cm³/mol. The van der Waals surface area contributed by atoms with Crippen LogP contribution >= 0.6 is 0 Å². The van der Waals surface area contributed by atoms with Crippen LogP contribution in [0.4, 0.5) is 0 Å². The molecule has 3 aromatic rings. The Labute approximate surface area is 221 Å². The van der Waals surface area contributed by atoms with Gasteiger partial charge in [0.05, 0.1) is 17.0 Å². The summed E-state index contributed by atoms with van der Waals surface area (Å²) in [5.74, 6) is 0. The van der Waals surface area contributed by atoms with Gasteiger partial charge in [-0.25, -0.2) is 18.2 Å². The van der Waals surface area contributed by atoms with Gasteiger partial charge in [-0.1, -0.05) is 61.5 Å². The van der Waals surface area contributed by atoms with Gasteiger partial charge in [-0.3, -0.25) is 9.63 Å². The van der Waals surface area contributed by atoms with E-state index in [4.69, 9.17) is 4.84 Å². The lowest BCUT2D eigenvalue weighted by molar-refractivity contribution is -0.220. The lowest BCUT2D eigenvalue weighted by atomic mass is 10.1. The van der Waals surface area contributed by atoms with Crippen LogP contribution in [-0.2, 0) is 32.6 Å². The Morgan fingerprint density at radius 3 is 2.24 bits per heavy atom. The first-order valence-corrected chi connectivity index (χ1v) is 14.3. The average molecular weight is 526 g/mol. The molecule has 0 aliphatic carbocycles. The molecule has 1 amide bonds. The van der Waals surface area contributed by atoms with Crippen molar-refractivity contribution < 1.29 is 18.0 Å². The number of aryl methyl sites for hydroxylation is 1. The molecular weight excluding hydrogens is 486 g/mol. The van der Waals surface area contributed by atoms with Crippen molar-refractivity contribution in [3.8, 4) is 0 Å². The quantitative estimate of drug-likeness (QED) is 0.243. The number of benzene rings is 3. The van der Waals surface area contributed by atoms with Crippen molar-refractivity contribution in [3.63, 3.8) is 0 Å². The Bertz CT molecular complexity index is 1250. The fourth-order valence-corrected chi connectivity index (χ4v) is 5.18. The maximum absolute atomic E-state index is 12.8. The fourth-order valence-electron chi connectivity index (χ4n) is 4.12. The van der Waals surface area contributed by atoms with Gasteiger partial charge in [-0.2, -0.15) is 0 Å². The van der Waals surface area contributed by atoms with Crippen LogP contribution in [0.5, 0.6) is 0 Å². The number of amides is 1. The highest BCUT2D eigenvalue weighted by Crippen LogP contribution is 2.19. The van der Waals surface area contributed by atoms with Crippen LogP contribution in [-0.4, -0.2) is 56.6 Å². The maximum atomic E-state index is 12.8. The molecule has 0 spiro atoms. The van der Waals surface area contributed by atoms with Gasteiger partial charge >= 0.3 is 0 Å². The molecule has 0 unspecified atom stereocenters. The Kier molecular flexibility index (Phi) is 10.2. The summed E-state index contributed by atoms with van der Waals surface area (Å²) < 4.78 is 28.3. The molecule has 0 heterocycles. The topological polar surface area (TPSA) is 79.0 Å². The second kappa shape index (κ2) is 13.1. The number of hydrogen-bond donors (Lipinski definition) is 1. The number of carbonyl (C=O) groups excluding carboxylic acids is 1. The standard InChI is InChI=1S/C29H39N3O4S/c1-5-31(20-18-30-37(34,35)28-17-16-26-10-6-7-11-27(26)21-28)19-8-9-24-12-14-25(15-13-24)22-32(23-33)36-29(2,3)4/h6-7,10-17,21,23,30H,5,8-9,18-20,22H2,1-4H3. The molecule has 200 valence electrons. The van der Waals surface area contributed by atoms with Gasteiger partial charge in [0.1, 0.15) is 0 Å². The lowest BCUT2D eigenvalue weighted by Gasteiger charge is -2.26. The van der Waals surface area contributed by atoms with Crippen molar-refractivity contribution in [2.75, 3.05) is 26.2 Å². The molecule has 3 rings (SSSR count). The number of likely N-dealkylation sites (N-methyl/N-ethyl adjacent to an activating group) is 1. The summed E-state index contributed by atoms with van der Waals surface area (Å²) in [4.78, 5) is 19.5. The Hall–Kier alpha value is -2.78. The van der Waals surface area contributed by atoms with E-state index in [0.29, 0.717) is 30.9 Å². The van der Waals surface area contributed by atoms with Crippen molar-refractivity contribution >= 4 is 27.2 Å². The number of nitrogens with zero attached hydrogens (tertiary/aromatic N) is 2. The molecule has 0 aliphatic heterocycles. The third-order valence-electron chi connectivity index (χ3n) is 6.01. The number of sulfonamides is 1. The number of hydrogen-bond acceptors (Lipinski definition) is 5. The summed E-state index contributed by atoms with van der Waals surface area (Å²) in [5, 5.41) is 3.25. The van der Waals surface area contributed by atoms with Gasteiger partial charge < -0.3 is 4.90 Å². The van der Waals surface area contributed by atoms with E-state index in [9.17, 15) is 13.2 Å². The molecule has 0 radical (unpaired) electrons. The zero-order valence-corrected chi connectivity index (χ0v) is 23.1. The highest BCUT2D eigenvalue weighted by molar-refractivity contribution is 7.89. The molecule has 37 heavy (non-hydrogen) atoms. The molecule has 7 nitrogen and oxygen atoms in total. The summed E-state index contributed by atoms with van der Waals surface area (Å²) in [5.41, 5.74) is 1.81. The molecule has 3 aromatic carbocycles. The Balaban J connectivity index is 1.43. The van der Waals surface area contributed by atoms with Crippen LogP contribution in [0.25, 0.3) is 10.8 Å². The summed E-state index contributed by atoms with van der Waals surface area (Å²) >= 11 is 0.